The van der Waals surface area contributed by atoms with Crippen LogP contribution in [0.4, 0.5) is 4.39 Å². The summed E-state index contributed by atoms with van der Waals surface area (Å²) in [4.78, 5) is 4.19. The Hall–Kier alpha value is -1.90. The van der Waals surface area contributed by atoms with E-state index < -0.39 is 6.86 Å². The lowest BCUT2D eigenvalue weighted by Gasteiger charge is -2.07. The summed E-state index contributed by atoms with van der Waals surface area (Å²) in [5.41, 5.74) is 1.58. The second-order valence-electron chi connectivity index (χ2n) is 2.96. The molecule has 0 atom stereocenters. The highest BCUT2D eigenvalue weighted by Crippen LogP contribution is 2.27. The first-order valence-corrected chi connectivity index (χ1v) is 4.61. The Balaban J connectivity index is 2.43. The van der Waals surface area contributed by atoms with Crippen LogP contribution in [0, 0.1) is 0 Å². The summed E-state index contributed by atoms with van der Waals surface area (Å²) < 4.78 is 17.0. The third-order valence-corrected chi connectivity index (χ3v) is 2.04. The van der Waals surface area contributed by atoms with Crippen molar-refractivity contribution >= 4 is 0 Å². The number of rotatable bonds is 3. The molecule has 0 aliphatic carbocycles. The Bertz CT molecular complexity index is 431. The minimum absolute atomic E-state index is 0.513. The predicted octanol–water partition coefficient (Wildman–Crippen LogP) is 3.05. The third-order valence-electron chi connectivity index (χ3n) is 2.04. The van der Waals surface area contributed by atoms with Crippen molar-refractivity contribution in [1.29, 1.82) is 0 Å². The molecule has 0 unspecified atom stereocenters. The molecule has 0 bridgehead atoms. The van der Waals surface area contributed by atoms with Crippen molar-refractivity contribution in [3.63, 3.8) is 0 Å². The molecule has 1 heterocycles. The van der Waals surface area contributed by atoms with Gasteiger partial charge in [0.2, 0.25) is 6.86 Å². The summed E-state index contributed by atoms with van der Waals surface area (Å²) in [6.45, 7) is -0.830. The lowest BCUT2D eigenvalue weighted by Crippen LogP contribution is -1.93. The summed E-state index contributed by atoms with van der Waals surface area (Å²) in [6.07, 6.45) is 1.70. The lowest BCUT2D eigenvalue weighted by atomic mass is 10.1. The van der Waals surface area contributed by atoms with Gasteiger partial charge in [-0.3, -0.25) is 4.98 Å². The highest BCUT2D eigenvalue weighted by molar-refractivity contribution is 5.66. The fourth-order valence-corrected chi connectivity index (χ4v) is 1.38. The molecule has 2 aromatic rings. The van der Waals surface area contributed by atoms with Gasteiger partial charge in [0.25, 0.3) is 0 Å². The van der Waals surface area contributed by atoms with Crippen LogP contribution in [-0.4, -0.2) is 11.8 Å². The van der Waals surface area contributed by atoms with E-state index in [0.29, 0.717) is 5.75 Å². The van der Waals surface area contributed by atoms with E-state index in [1.807, 2.05) is 30.3 Å². The largest absolute Gasteiger partial charge is 0.462 e. The average Bonchev–Trinajstić information content (AvgIpc) is 2.31. The second-order valence-corrected chi connectivity index (χ2v) is 2.96. The molecule has 2 nitrogen and oxygen atoms in total. The van der Waals surface area contributed by atoms with Gasteiger partial charge in [0.1, 0.15) is 5.75 Å². The number of para-hydroxylation sites is 1. The van der Waals surface area contributed by atoms with E-state index in [-0.39, 0.29) is 0 Å². The summed E-state index contributed by atoms with van der Waals surface area (Å²) in [6, 6.07) is 12.8. The zero-order chi connectivity index (χ0) is 10.5. The molecular weight excluding hydrogens is 193 g/mol. The van der Waals surface area contributed by atoms with Gasteiger partial charge in [-0.05, 0) is 24.3 Å². The molecule has 0 aliphatic heterocycles. The number of nitrogens with zero attached hydrogens (tertiary/aromatic N) is 1. The van der Waals surface area contributed by atoms with E-state index in [4.69, 9.17) is 4.74 Å². The monoisotopic (exact) mass is 203 g/mol. The van der Waals surface area contributed by atoms with Crippen LogP contribution in [0.5, 0.6) is 5.75 Å². The Morgan fingerprint density at radius 3 is 2.60 bits per heavy atom. The van der Waals surface area contributed by atoms with Crippen LogP contribution < -0.4 is 4.74 Å². The molecule has 0 fully saturated rings. The first-order valence-electron chi connectivity index (χ1n) is 4.61. The van der Waals surface area contributed by atoms with Crippen LogP contribution >= 0.6 is 0 Å². The number of pyridine rings is 1. The third kappa shape index (κ3) is 2.13. The summed E-state index contributed by atoms with van der Waals surface area (Å²) >= 11 is 0. The topological polar surface area (TPSA) is 22.1 Å². The molecule has 0 saturated heterocycles. The highest BCUT2D eigenvalue weighted by Gasteiger charge is 2.05. The molecule has 3 heteroatoms. The van der Waals surface area contributed by atoms with Crippen molar-refractivity contribution in [2.45, 2.75) is 0 Å². The number of hydrogen-bond donors (Lipinski definition) is 0. The average molecular weight is 203 g/mol. The Kier molecular flexibility index (Phi) is 2.93. The van der Waals surface area contributed by atoms with E-state index in [1.165, 1.54) is 0 Å². The van der Waals surface area contributed by atoms with Gasteiger partial charge < -0.3 is 4.74 Å². The molecule has 1 aromatic carbocycles. The molecule has 0 aliphatic rings. The summed E-state index contributed by atoms with van der Waals surface area (Å²) in [7, 11) is 0. The van der Waals surface area contributed by atoms with E-state index >= 15 is 0 Å². The van der Waals surface area contributed by atoms with Gasteiger partial charge in [0.15, 0.2) is 0 Å². The van der Waals surface area contributed by atoms with Gasteiger partial charge in [-0.25, -0.2) is 4.39 Å². The molecule has 0 radical (unpaired) electrons. The molecule has 1 aromatic heterocycles. The molecule has 0 spiro atoms. The van der Waals surface area contributed by atoms with Gasteiger partial charge in [-0.2, -0.15) is 0 Å². The van der Waals surface area contributed by atoms with Crippen molar-refractivity contribution in [3.05, 3.63) is 48.7 Å². The Morgan fingerprint density at radius 2 is 1.87 bits per heavy atom. The Morgan fingerprint density at radius 1 is 1.07 bits per heavy atom. The molecule has 76 valence electrons. The van der Waals surface area contributed by atoms with Crippen molar-refractivity contribution in [3.8, 4) is 17.0 Å². The quantitative estimate of drug-likeness (QED) is 0.764. The minimum atomic E-state index is -0.830. The molecule has 0 saturated carbocycles. The van der Waals surface area contributed by atoms with Crippen LogP contribution in [0.2, 0.25) is 0 Å². The minimum Gasteiger partial charge on any atom is -0.462 e. The van der Waals surface area contributed by atoms with Crippen LogP contribution in [0.25, 0.3) is 11.3 Å². The molecule has 2 rings (SSSR count). The SMILES string of the molecule is FCOc1ccccc1-c1ccccn1. The number of ether oxygens (including phenoxy) is 1. The zero-order valence-electron chi connectivity index (χ0n) is 8.06. The second kappa shape index (κ2) is 4.55. The van der Waals surface area contributed by atoms with Crippen molar-refractivity contribution in [1.82, 2.24) is 4.98 Å². The lowest BCUT2D eigenvalue weighted by molar-refractivity contribution is 0.192. The van der Waals surface area contributed by atoms with Gasteiger partial charge in [-0.1, -0.05) is 18.2 Å². The van der Waals surface area contributed by atoms with E-state index in [9.17, 15) is 4.39 Å². The standard InChI is InChI=1S/C12H10FNO/c13-9-15-12-7-2-1-5-10(12)11-6-3-4-8-14-11/h1-8H,9H2. The fourth-order valence-electron chi connectivity index (χ4n) is 1.38. The van der Waals surface area contributed by atoms with Gasteiger partial charge in [0.05, 0.1) is 5.69 Å². The van der Waals surface area contributed by atoms with Crippen LogP contribution in [0.15, 0.2) is 48.7 Å². The number of hydrogen-bond acceptors (Lipinski definition) is 2. The van der Waals surface area contributed by atoms with Crippen molar-refractivity contribution < 1.29 is 9.13 Å². The van der Waals surface area contributed by atoms with Crippen LogP contribution in [0.1, 0.15) is 0 Å². The number of alkyl halides is 1. The Labute approximate surface area is 87.4 Å². The van der Waals surface area contributed by atoms with Gasteiger partial charge in [-0.15, -0.1) is 0 Å². The maximum absolute atomic E-state index is 12.1. The van der Waals surface area contributed by atoms with E-state index in [2.05, 4.69) is 4.98 Å². The summed E-state index contributed by atoms with van der Waals surface area (Å²) in [5, 5.41) is 0. The van der Waals surface area contributed by atoms with Crippen LogP contribution in [0.3, 0.4) is 0 Å². The maximum Gasteiger partial charge on any atom is 0.228 e. The van der Waals surface area contributed by atoms with E-state index in [1.54, 1.807) is 18.3 Å². The van der Waals surface area contributed by atoms with Gasteiger partial charge in [0, 0.05) is 11.8 Å². The first kappa shape index (κ1) is 9.65. The summed E-state index contributed by atoms with van der Waals surface area (Å²) in [5.74, 6) is 0.513. The molecular formula is C12H10FNO. The fraction of sp³-hybridized carbons (Fsp3) is 0.0833. The normalized spacial score (nSPS) is 9.93. The molecule has 0 amide bonds. The smallest absolute Gasteiger partial charge is 0.228 e. The number of benzene rings is 1. The van der Waals surface area contributed by atoms with Crippen molar-refractivity contribution in [2.75, 3.05) is 6.86 Å². The van der Waals surface area contributed by atoms with Gasteiger partial charge >= 0.3 is 0 Å². The van der Waals surface area contributed by atoms with E-state index in [0.717, 1.165) is 11.3 Å². The van der Waals surface area contributed by atoms with Crippen LogP contribution in [-0.2, 0) is 0 Å². The molecule has 15 heavy (non-hydrogen) atoms. The highest BCUT2D eigenvalue weighted by atomic mass is 19.1. The zero-order valence-corrected chi connectivity index (χ0v) is 8.06. The van der Waals surface area contributed by atoms with Crippen molar-refractivity contribution in [2.24, 2.45) is 0 Å². The predicted molar refractivity (Wildman–Crippen MR) is 56.3 cm³/mol. The number of halogens is 1. The number of aromatic nitrogens is 1. The maximum atomic E-state index is 12.1. The molecule has 0 N–H and O–H groups in total. The first-order chi connectivity index (χ1) is 7.42.